The van der Waals surface area contributed by atoms with E-state index in [9.17, 15) is 59.4 Å². The van der Waals surface area contributed by atoms with Gasteiger partial charge < -0.3 is 69.6 Å². The number of carboxylic acid groups (broad SMARTS) is 6. The smallest absolute Gasteiger partial charge is 0.550 e. The molecule has 0 bridgehead atoms. The van der Waals surface area contributed by atoms with Crippen molar-refractivity contribution in [3.05, 3.63) is 0 Å². The van der Waals surface area contributed by atoms with E-state index >= 15 is 0 Å². The molecular formula is C12H10Co2NiO14. The molecular weight excluding hydrogens is 545 g/mol. The largest absolute Gasteiger partial charge is 2.00 e. The van der Waals surface area contributed by atoms with Gasteiger partial charge in [0, 0.05) is 49.6 Å². The maximum atomic E-state index is 10.1. The van der Waals surface area contributed by atoms with Gasteiger partial charge >= 0.3 is 50.0 Å². The topological polar surface area (TPSA) is 281 Å². The number of carboxylic acids is 6. The van der Waals surface area contributed by atoms with Crippen LogP contribution in [0.4, 0.5) is 0 Å². The molecule has 0 rings (SSSR count). The quantitative estimate of drug-likeness (QED) is 0.237. The minimum atomic E-state index is -2.97. The fraction of sp³-hybridized carbons (Fsp3) is 0.500. The Morgan fingerprint density at radius 3 is 0.724 bits per heavy atom. The van der Waals surface area contributed by atoms with Gasteiger partial charge in [-0.3, -0.25) is 0 Å². The van der Waals surface area contributed by atoms with Gasteiger partial charge in [0.1, 0.15) is 11.2 Å². The van der Waals surface area contributed by atoms with Crippen molar-refractivity contribution in [3.8, 4) is 0 Å². The molecule has 0 aromatic rings. The van der Waals surface area contributed by atoms with E-state index in [1.54, 1.807) is 0 Å². The summed E-state index contributed by atoms with van der Waals surface area (Å²) < 4.78 is 0. The van der Waals surface area contributed by atoms with Crippen molar-refractivity contribution < 1.29 is 120 Å². The molecule has 14 nitrogen and oxygen atoms in total. The first kappa shape index (κ1) is 37.9. The van der Waals surface area contributed by atoms with E-state index < -0.39 is 72.7 Å². The average molecular weight is 555 g/mol. The number of carbonyl (C=O) groups is 6. The van der Waals surface area contributed by atoms with Gasteiger partial charge in [0.25, 0.3) is 0 Å². The molecule has 17 heteroatoms. The van der Waals surface area contributed by atoms with Crippen LogP contribution in [-0.4, -0.2) is 57.2 Å². The summed E-state index contributed by atoms with van der Waals surface area (Å²) in [7, 11) is 0. The molecule has 0 saturated heterocycles. The van der Waals surface area contributed by atoms with E-state index in [4.69, 9.17) is 10.2 Å². The Labute approximate surface area is 192 Å². The van der Waals surface area contributed by atoms with Crippen LogP contribution in [0.3, 0.4) is 0 Å². The van der Waals surface area contributed by atoms with Crippen LogP contribution < -0.4 is 30.6 Å². The Bertz CT molecular complexity index is 523. The number of hydrogen-bond acceptors (Lipinski definition) is 14. The van der Waals surface area contributed by atoms with Crippen LogP contribution >= 0.6 is 0 Å². The van der Waals surface area contributed by atoms with Gasteiger partial charge in [-0.15, -0.1) is 0 Å². The average Bonchev–Trinajstić information content (AvgIpc) is 2.34. The summed E-state index contributed by atoms with van der Waals surface area (Å²) in [5.74, 6) is -12.0. The third kappa shape index (κ3) is 16.9. The molecule has 0 amide bonds. The Morgan fingerprint density at radius 1 is 0.517 bits per heavy atom. The Hall–Kier alpha value is -1.75. The molecule has 0 aromatic heterocycles. The third-order valence-corrected chi connectivity index (χ3v) is 2.51. The van der Waals surface area contributed by atoms with Crippen LogP contribution in [-0.2, 0) is 78.8 Å². The second kappa shape index (κ2) is 16.1. The summed E-state index contributed by atoms with van der Waals surface area (Å²) in [5, 5.41) is 77.9. The molecule has 29 heavy (non-hydrogen) atoms. The normalized spacial score (nSPS) is 9.72. The van der Waals surface area contributed by atoms with Gasteiger partial charge in [-0.2, -0.15) is 0 Å². The minimum absolute atomic E-state index is 0. The van der Waals surface area contributed by atoms with E-state index in [1.807, 2.05) is 0 Å². The number of hydrogen-bond donors (Lipinski definition) is 2. The zero-order valence-corrected chi connectivity index (χ0v) is 16.7. The van der Waals surface area contributed by atoms with Gasteiger partial charge in [0.2, 0.25) is 0 Å². The van der Waals surface area contributed by atoms with Gasteiger partial charge in [-0.1, -0.05) is 0 Å². The molecule has 0 fully saturated rings. The van der Waals surface area contributed by atoms with Crippen molar-refractivity contribution in [2.45, 2.75) is 36.9 Å². The van der Waals surface area contributed by atoms with Crippen molar-refractivity contribution in [1.82, 2.24) is 0 Å². The van der Waals surface area contributed by atoms with E-state index in [0.717, 1.165) is 0 Å². The van der Waals surface area contributed by atoms with Gasteiger partial charge in [0.05, 0.1) is 11.9 Å². The van der Waals surface area contributed by atoms with E-state index in [2.05, 4.69) is 0 Å². The SMILES string of the molecule is O=C([O-])CC(O)(CC(=O)[O-])C(=O)[O-].O=C([O-])CC(O)(CC(=O)[O-])C(=O)[O-].[Co+2].[Co+2].[Ni+2]. The van der Waals surface area contributed by atoms with Crippen LogP contribution in [0.2, 0.25) is 0 Å². The van der Waals surface area contributed by atoms with Crippen molar-refractivity contribution in [1.29, 1.82) is 0 Å². The van der Waals surface area contributed by atoms with Crippen molar-refractivity contribution >= 4 is 35.8 Å². The molecule has 170 valence electrons. The minimum Gasteiger partial charge on any atom is -0.550 e. The second-order valence-electron chi connectivity index (χ2n) is 4.83. The molecule has 0 aromatic carbocycles. The standard InChI is InChI=1S/2C6H8O7.2Co.Ni/c2*7-3(8)1-6(13,5(11)12)2-4(9)10;;;/h2*13H,1-2H2,(H,7,8)(H,9,10)(H,11,12);;;/q;;3*+2/p-6. The molecule has 2 radical (unpaired) electrons. The first-order valence-electron chi connectivity index (χ1n) is 6.23. The van der Waals surface area contributed by atoms with Crippen molar-refractivity contribution in [2.75, 3.05) is 0 Å². The molecule has 0 atom stereocenters. The zero-order chi connectivity index (χ0) is 21.3. The fourth-order valence-corrected chi connectivity index (χ4v) is 1.37. The summed E-state index contributed by atoms with van der Waals surface area (Å²) in [5.41, 5.74) is -5.95. The first-order valence-corrected chi connectivity index (χ1v) is 6.23. The summed E-state index contributed by atoms with van der Waals surface area (Å²) in [6.07, 6.45) is -5.43. The fourth-order valence-electron chi connectivity index (χ4n) is 1.37. The van der Waals surface area contributed by atoms with Crippen LogP contribution in [0.15, 0.2) is 0 Å². The molecule has 0 spiro atoms. The number of aliphatic hydroxyl groups is 2. The maximum absolute atomic E-state index is 10.1. The summed E-state index contributed by atoms with van der Waals surface area (Å²) in [6.45, 7) is 0. The monoisotopic (exact) mass is 554 g/mol. The second-order valence-corrected chi connectivity index (χ2v) is 4.83. The van der Waals surface area contributed by atoms with E-state index in [1.165, 1.54) is 0 Å². The first-order chi connectivity index (χ1) is 11.6. The van der Waals surface area contributed by atoms with Crippen LogP contribution in [0, 0.1) is 0 Å². The number of carbonyl (C=O) groups excluding carboxylic acids is 6. The van der Waals surface area contributed by atoms with E-state index in [-0.39, 0.29) is 50.0 Å². The molecule has 0 saturated carbocycles. The van der Waals surface area contributed by atoms with E-state index in [0.29, 0.717) is 0 Å². The summed E-state index contributed by atoms with van der Waals surface area (Å²) in [4.78, 5) is 60.0. The molecule has 0 unspecified atom stereocenters. The summed E-state index contributed by atoms with van der Waals surface area (Å²) >= 11 is 0. The predicted molar refractivity (Wildman–Crippen MR) is 58.4 cm³/mol. The Kier molecular flexibility index (Phi) is 21.0. The zero-order valence-electron chi connectivity index (χ0n) is 13.6. The van der Waals surface area contributed by atoms with Gasteiger partial charge in [0.15, 0.2) is 0 Å². The van der Waals surface area contributed by atoms with Gasteiger partial charge in [-0.05, 0) is 0 Å². The van der Waals surface area contributed by atoms with Crippen molar-refractivity contribution in [2.24, 2.45) is 0 Å². The number of rotatable bonds is 10. The molecule has 0 heterocycles. The Morgan fingerprint density at radius 2 is 0.655 bits per heavy atom. The predicted octanol–water partition coefficient (Wildman–Crippen LogP) is -10.5. The molecule has 0 aliphatic carbocycles. The maximum Gasteiger partial charge on any atom is 2.00 e. The van der Waals surface area contributed by atoms with Crippen LogP contribution in [0.5, 0.6) is 0 Å². The summed E-state index contributed by atoms with van der Waals surface area (Å²) in [6, 6.07) is 0. The van der Waals surface area contributed by atoms with Crippen LogP contribution in [0.25, 0.3) is 0 Å². The third-order valence-electron chi connectivity index (χ3n) is 2.51. The molecule has 0 aliphatic heterocycles. The molecule has 0 aliphatic rings. The van der Waals surface area contributed by atoms with Crippen molar-refractivity contribution in [3.63, 3.8) is 0 Å². The van der Waals surface area contributed by atoms with Gasteiger partial charge in [-0.25, -0.2) is 0 Å². The Balaban J connectivity index is -0.000000120. The van der Waals surface area contributed by atoms with Crippen LogP contribution in [0.1, 0.15) is 25.7 Å². The number of aliphatic carboxylic acids is 6. The molecule has 2 N–H and O–H groups in total.